The number of halogens is 2. The van der Waals surface area contributed by atoms with Gasteiger partial charge in [-0.25, -0.2) is 4.90 Å². The number of fused-ring (bicyclic) bond motifs is 1. The minimum absolute atomic E-state index is 0.280. The third-order valence-corrected chi connectivity index (χ3v) is 7.16. The second-order valence-corrected chi connectivity index (χ2v) is 10.0. The van der Waals surface area contributed by atoms with Crippen LogP contribution in [0.4, 0.5) is 10.5 Å². The first-order valence-electron chi connectivity index (χ1n) is 11.5. The normalized spacial score (nSPS) is 14.6. The molecule has 1 saturated heterocycles. The summed E-state index contributed by atoms with van der Waals surface area (Å²) in [7, 11) is 0. The number of carbonyl (C=O) groups excluding carboxylic acids is 2. The summed E-state index contributed by atoms with van der Waals surface area (Å²) in [6.07, 6.45) is 1.63. The number of ether oxygens (including phenoxy) is 2. The third kappa shape index (κ3) is 5.32. The number of hydrogen-bond donors (Lipinski definition) is 0. The van der Waals surface area contributed by atoms with Gasteiger partial charge in [0.1, 0.15) is 6.61 Å². The van der Waals surface area contributed by atoms with Gasteiger partial charge in [-0.15, -0.1) is 0 Å². The number of rotatable bonds is 7. The van der Waals surface area contributed by atoms with E-state index in [1.807, 2.05) is 31.2 Å². The Labute approximate surface area is 228 Å². The van der Waals surface area contributed by atoms with Gasteiger partial charge in [0.05, 0.1) is 22.2 Å². The molecule has 0 saturated carbocycles. The van der Waals surface area contributed by atoms with E-state index < -0.39 is 5.91 Å². The Kier molecular flexibility index (Phi) is 7.42. The van der Waals surface area contributed by atoms with Crippen LogP contribution < -0.4 is 14.4 Å². The van der Waals surface area contributed by atoms with Crippen molar-refractivity contribution in [1.29, 1.82) is 0 Å². The summed E-state index contributed by atoms with van der Waals surface area (Å²) in [6, 6.07) is 24.1. The summed E-state index contributed by atoms with van der Waals surface area (Å²) in [5.74, 6) is 0.462. The number of imide groups is 1. The number of benzene rings is 4. The lowest BCUT2D eigenvalue weighted by Crippen LogP contribution is -2.27. The molecule has 0 spiro atoms. The van der Waals surface area contributed by atoms with Crippen LogP contribution >= 0.6 is 35.0 Å². The van der Waals surface area contributed by atoms with Crippen molar-refractivity contribution >= 4 is 68.6 Å². The molecule has 0 radical (unpaired) electrons. The molecule has 0 aromatic heterocycles. The van der Waals surface area contributed by atoms with E-state index in [4.69, 9.17) is 32.7 Å². The van der Waals surface area contributed by atoms with Crippen LogP contribution in [0.3, 0.4) is 0 Å². The van der Waals surface area contributed by atoms with Gasteiger partial charge in [0.2, 0.25) is 0 Å². The summed E-state index contributed by atoms with van der Waals surface area (Å²) in [6.45, 7) is 2.57. The zero-order valence-corrected chi connectivity index (χ0v) is 22.1. The van der Waals surface area contributed by atoms with Crippen molar-refractivity contribution in [3.63, 3.8) is 0 Å². The summed E-state index contributed by atoms with van der Waals surface area (Å²) in [4.78, 5) is 27.0. The SMILES string of the molecule is CCOc1cc(/C=C2/SC(=O)N(c3ccc(Cl)cc3)C2=O)cc(Cl)c1OCc1cccc2ccccc12. The van der Waals surface area contributed by atoms with Crippen LogP contribution in [0.5, 0.6) is 11.5 Å². The van der Waals surface area contributed by atoms with Crippen molar-refractivity contribution in [2.75, 3.05) is 11.5 Å². The van der Waals surface area contributed by atoms with Gasteiger partial charge in [-0.2, -0.15) is 0 Å². The number of carbonyl (C=O) groups is 2. The maximum absolute atomic E-state index is 13.0. The number of anilines is 1. The van der Waals surface area contributed by atoms with E-state index in [0.717, 1.165) is 33.0 Å². The van der Waals surface area contributed by atoms with Crippen molar-refractivity contribution in [2.45, 2.75) is 13.5 Å². The first kappa shape index (κ1) is 25.2. The van der Waals surface area contributed by atoms with E-state index >= 15 is 0 Å². The molecule has 8 heteroatoms. The van der Waals surface area contributed by atoms with Crippen LogP contribution in [0.15, 0.2) is 83.8 Å². The number of amides is 2. The molecule has 1 fully saturated rings. The fraction of sp³-hybridized carbons (Fsp3) is 0.103. The molecular weight excluding hydrogens is 529 g/mol. The highest BCUT2D eigenvalue weighted by Crippen LogP contribution is 2.40. The van der Waals surface area contributed by atoms with Crippen molar-refractivity contribution in [1.82, 2.24) is 0 Å². The van der Waals surface area contributed by atoms with Crippen molar-refractivity contribution < 1.29 is 19.1 Å². The van der Waals surface area contributed by atoms with Gasteiger partial charge < -0.3 is 9.47 Å². The Hall–Kier alpha value is -3.45. The van der Waals surface area contributed by atoms with Crippen molar-refractivity contribution in [3.05, 3.63) is 105 Å². The quantitative estimate of drug-likeness (QED) is 0.217. The minimum atomic E-state index is -0.414. The third-order valence-electron chi connectivity index (χ3n) is 5.76. The predicted octanol–water partition coefficient (Wildman–Crippen LogP) is 8.37. The lowest BCUT2D eigenvalue weighted by Gasteiger charge is -2.15. The molecule has 1 heterocycles. The van der Waals surface area contributed by atoms with Gasteiger partial charge in [-0.3, -0.25) is 9.59 Å². The van der Waals surface area contributed by atoms with E-state index in [1.54, 1.807) is 42.5 Å². The van der Waals surface area contributed by atoms with Crippen LogP contribution in [-0.4, -0.2) is 17.8 Å². The van der Waals surface area contributed by atoms with Crippen LogP contribution in [0.2, 0.25) is 10.0 Å². The molecule has 4 aromatic rings. The van der Waals surface area contributed by atoms with Gasteiger partial charge >= 0.3 is 0 Å². The molecule has 0 atom stereocenters. The number of hydrogen-bond acceptors (Lipinski definition) is 5. The fourth-order valence-electron chi connectivity index (χ4n) is 4.07. The molecule has 186 valence electrons. The molecule has 2 amide bonds. The molecule has 1 aliphatic heterocycles. The molecule has 0 N–H and O–H groups in total. The highest BCUT2D eigenvalue weighted by atomic mass is 35.5. The molecule has 0 bridgehead atoms. The van der Waals surface area contributed by atoms with E-state index in [-0.39, 0.29) is 10.1 Å². The maximum atomic E-state index is 13.0. The first-order chi connectivity index (χ1) is 17.9. The molecule has 0 unspecified atom stereocenters. The van der Waals surface area contributed by atoms with Crippen LogP contribution in [-0.2, 0) is 11.4 Å². The van der Waals surface area contributed by atoms with Crippen LogP contribution in [0.25, 0.3) is 16.8 Å². The zero-order chi connectivity index (χ0) is 25.9. The van der Waals surface area contributed by atoms with Gasteiger partial charge in [0.15, 0.2) is 11.5 Å². The minimum Gasteiger partial charge on any atom is -0.490 e. The van der Waals surface area contributed by atoms with Crippen LogP contribution in [0, 0.1) is 0 Å². The Bertz CT molecular complexity index is 1530. The molecular formula is C29H21Cl2NO4S. The Balaban J connectivity index is 1.42. The van der Waals surface area contributed by atoms with Gasteiger partial charge in [-0.05, 0) is 83.1 Å². The lowest BCUT2D eigenvalue weighted by atomic mass is 10.1. The lowest BCUT2D eigenvalue weighted by molar-refractivity contribution is -0.113. The average molecular weight is 550 g/mol. The monoisotopic (exact) mass is 549 g/mol. The largest absolute Gasteiger partial charge is 0.490 e. The summed E-state index contributed by atoms with van der Waals surface area (Å²) in [5, 5.41) is 2.71. The summed E-state index contributed by atoms with van der Waals surface area (Å²) in [5.41, 5.74) is 2.10. The highest BCUT2D eigenvalue weighted by Gasteiger charge is 2.36. The summed E-state index contributed by atoms with van der Waals surface area (Å²) >= 11 is 13.4. The van der Waals surface area contributed by atoms with Crippen molar-refractivity contribution in [3.8, 4) is 11.5 Å². The molecule has 0 aliphatic carbocycles. The van der Waals surface area contributed by atoms with Gasteiger partial charge in [0.25, 0.3) is 11.1 Å². The average Bonchev–Trinajstić information content (AvgIpc) is 3.16. The predicted molar refractivity (Wildman–Crippen MR) is 151 cm³/mol. The second-order valence-electron chi connectivity index (χ2n) is 8.18. The van der Waals surface area contributed by atoms with Crippen molar-refractivity contribution in [2.24, 2.45) is 0 Å². The first-order valence-corrected chi connectivity index (χ1v) is 13.1. The van der Waals surface area contributed by atoms with Gasteiger partial charge in [0, 0.05) is 5.02 Å². The fourth-order valence-corrected chi connectivity index (χ4v) is 5.32. The van der Waals surface area contributed by atoms with E-state index in [2.05, 4.69) is 18.2 Å². The molecule has 37 heavy (non-hydrogen) atoms. The standard InChI is InChI=1S/C29H21Cl2NO4S/c1-2-35-25-15-18(16-26-28(33)32(29(34)37-26)22-12-10-21(30)11-13-22)14-24(31)27(25)36-17-20-8-5-7-19-6-3-4-9-23(19)20/h3-16H,2,17H2,1H3/b26-16+. The van der Waals surface area contributed by atoms with E-state index in [1.165, 1.54) is 0 Å². The maximum Gasteiger partial charge on any atom is 0.298 e. The Morgan fingerprint density at radius 3 is 2.46 bits per heavy atom. The Morgan fingerprint density at radius 2 is 1.68 bits per heavy atom. The Morgan fingerprint density at radius 1 is 0.919 bits per heavy atom. The second kappa shape index (κ2) is 10.9. The molecule has 4 aromatic carbocycles. The molecule has 5 rings (SSSR count). The number of nitrogens with zero attached hydrogens (tertiary/aromatic N) is 1. The zero-order valence-electron chi connectivity index (χ0n) is 19.7. The van der Waals surface area contributed by atoms with Crippen LogP contribution in [0.1, 0.15) is 18.1 Å². The summed E-state index contributed by atoms with van der Waals surface area (Å²) < 4.78 is 12.0. The number of thioether (sulfide) groups is 1. The van der Waals surface area contributed by atoms with Gasteiger partial charge in [-0.1, -0.05) is 65.7 Å². The molecule has 1 aliphatic rings. The van der Waals surface area contributed by atoms with E-state index in [0.29, 0.717) is 46.0 Å². The topological polar surface area (TPSA) is 55.8 Å². The smallest absolute Gasteiger partial charge is 0.298 e. The van der Waals surface area contributed by atoms with E-state index in [9.17, 15) is 9.59 Å². The highest BCUT2D eigenvalue weighted by molar-refractivity contribution is 8.19. The molecule has 5 nitrogen and oxygen atoms in total.